The molecule has 19 heavy (non-hydrogen) atoms. The first-order valence-corrected chi connectivity index (χ1v) is 6.03. The molecule has 0 aliphatic carbocycles. The van der Waals surface area contributed by atoms with Crippen LogP contribution < -0.4 is 16.1 Å². The summed E-state index contributed by atoms with van der Waals surface area (Å²) in [5, 5.41) is 0. The molecule has 1 aromatic heterocycles. The normalized spacial score (nSPS) is 10.5. The summed E-state index contributed by atoms with van der Waals surface area (Å²) in [5.41, 5.74) is 0.513. The van der Waals surface area contributed by atoms with Crippen LogP contribution >= 0.6 is 0 Å². The summed E-state index contributed by atoms with van der Waals surface area (Å²) in [6.07, 6.45) is 0. The number of hydrogen-bond acceptors (Lipinski definition) is 3. The van der Waals surface area contributed by atoms with Crippen molar-refractivity contribution in [2.75, 3.05) is 11.9 Å². The van der Waals surface area contributed by atoms with Crippen molar-refractivity contribution in [3.63, 3.8) is 0 Å². The van der Waals surface area contributed by atoms with Gasteiger partial charge in [0.25, 0.3) is 5.56 Å². The fourth-order valence-electron chi connectivity index (χ4n) is 2.03. The van der Waals surface area contributed by atoms with Crippen molar-refractivity contribution in [2.45, 2.75) is 6.54 Å². The van der Waals surface area contributed by atoms with Gasteiger partial charge in [0.2, 0.25) is 0 Å². The SMILES string of the molecule is CN(Cc1ccccc1)c1cc(=O)n(C)c(=O)n1C. The Morgan fingerprint density at radius 2 is 1.68 bits per heavy atom. The van der Waals surface area contributed by atoms with Gasteiger partial charge in [-0.05, 0) is 5.56 Å². The lowest BCUT2D eigenvalue weighted by atomic mass is 10.2. The van der Waals surface area contributed by atoms with E-state index >= 15 is 0 Å². The van der Waals surface area contributed by atoms with Crippen LogP contribution in [0, 0.1) is 0 Å². The lowest BCUT2D eigenvalue weighted by Crippen LogP contribution is -2.39. The van der Waals surface area contributed by atoms with E-state index in [1.54, 1.807) is 7.05 Å². The van der Waals surface area contributed by atoms with E-state index in [0.717, 1.165) is 10.1 Å². The fraction of sp³-hybridized carbons (Fsp3) is 0.286. The van der Waals surface area contributed by atoms with Crippen LogP contribution in [-0.4, -0.2) is 16.2 Å². The second-order valence-electron chi connectivity index (χ2n) is 4.58. The van der Waals surface area contributed by atoms with Crippen LogP contribution in [0.1, 0.15) is 5.56 Å². The average molecular weight is 259 g/mol. The number of nitrogens with zero attached hydrogens (tertiary/aromatic N) is 3. The van der Waals surface area contributed by atoms with E-state index in [1.807, 2.05) is 42.3 Å². The third-order valence-electron chi connectivity index (χ3n) is 3.15. The third kappa shape index (κ3) is 2.59. The molecule has 5 heteroatoms. The molecule has 0 saturated heterocycles. The summed E-state index contributed by atoms with van der Waals surface area (Å²) >= 11 is 0. The maximum atomic E-state index is 11.9. The van der Waals surface area contributed by atoms with Crippen molar-refractivity contribution in [2.24, 2.45) is 14.1 Å². The van der Waals surface area contributed by atoms with Crippen LogP contribution in [-0.2, 0) is 20.6 Å². The molecule has 0 unspecified atom stereocenters. The Labute approximate surface area is 111 Å². The quantitative estimate of drug-likeness (QED) is 0.816. The standard InChI is InChI=1S/C14H17N3O2/c1-15(10-11-7-5-4-6-8-11)12-9-13(18)17(3)14(19)16(12)2/h4-9H,10H2,1-3H3. The lowest BCUT2D eigenvalue weighted by Gasteiger charge is -2.22. The molecule has 0 amide bonds. The third-order valence-corrected chi connectivity index (χ3v) is 3.15. The largest absolute Gasteiger partial charge is 0.356 e. The zero-order valence-corrected chi connectivity index (χ0v) is 11.3. The molecular formula is C14H17N3O2. The number of benzene rings is 1. The van der Waals surface area contributed by atoms with Crippen LogP contribution in [0.4, 0.5) is 5.82 Å². The lowest BCUT2D eigenvalue weighted by molar-refractivity contribution is 0.670. The van der Waals surface area contributed by atoms with E-state index in [-0.39, 0.29) is 11.2 Å². The molecule has 0 saturated carbocycles. The van der Waals surface area contributed by atoms with Gasteiger partial charge in [0.05, 0.1) is 0 Å². The minimum Gasteiger partial charge on any atom is -0.356 e. The van der Waals surface area contributed by atoms with Crippen molar-refractivity contribution in [3.8, 4) is 0 Å². The molecule has 0 radical (unpaired) electrons. The van der Waals surface area contributed by atoms with Crippen molar-refractivity contribution in [1.29, 1.82) is 0 Å². The smallest absolute Gasteiger partial charge is 0.332 e. The Morgan fingerprint density at radius 1 is 1.05 bits per heavy atom. The molecule has 0 atom stereocenters. The van der Waals surface area contributed by atoms with Crippen LogP contribution in [0.3, 0.4) is 0 Å². The summed E-state index contributed by atoms with van der Waals surface area (Å²) < 4.78 is 2.57. The first-order valence-electron chi connectivity index (χ1n) is 6.03. The van der Waals surface area contributed by atoms with Gasteiger partial charge < -0.3 is 4.90 Å². The number of hydrogen-bond donors (Lipinski definition) is 0. The molecule has 1 heterocycles. The molecule has 1 aromatic carbocycles. The summed E-state index contributed by atoms with van der Waals surface area (Å²) in [7, 11) is 5.01. The van der Waals surface area contributed by atoms with Gasteiger partial charge in [-0.15, -0.1) is 0 Å². The molecule has 2 rings (SSSR count). The Hall–Kier alpha value is -2.30. The van der Waals surface area contributed by atoms with E-state index in [0.29, 0.717) is 12.4 Å². The van der Waals surface area contributed by atoms with Crippen LogP contribution in [0.5, 0.6) is 0 Å². The summed E-state index contributed by atoms with van der Waals surface area (Å²) in [4.78, 5) is 25.4. The van der Waals surface area contributed by atoms with Crippen molar-refractivity contribution in [1.82, 2.24) is 9.13 Å². The van der Waals surface area contributed by atoms with Gasteiger partial charge in [-0.3, -0.25) is 13.9 Å². The van der Waals surface area contributed by atoms with Gasteiger partial charge in [0, 0.05) is 33.8 Å². The molecule has 0 bridgehead atoms. The Bertz CT molecular complexity index is 686. The molecule has 0 spiro atoms. The van der Waals surface area contributed by atoms with Crippen LogP contribution in [0.25, 0.3) is 0 Å². The number of anilines is 1. The van der Waals surface area contributed by atoms with Gasteiger partial charge in [-0.1, -0.05) is 30.3 Å². The number of rotatable bonds is 3. The first-order chi connectivity index (χ1) is 9.00. The van der Waals surface area contributed by atoms with Gasteiger partial charge >= 0.3 is 5.69 Å². The van der Waals surface area contributed by atoms with Gasteiger partial charge in [-0.2, -0.15) is 0 Å². The summed E-state index contributed by atoms with van der Waals surface area (Å²) in [6.45, 7) is 0.640. The Morgan fingerprint density at radius 3 is 2.32 bits per heavy atom. The maximum absolute atomic E-state index is 11.9. The predicted molar refractivity (Wildman–Crippen MR) is 75.5 cm³/mol. The minimum absolute atomic E-state index is 0.294. The number of aromatic nitrogens is 2. The molecule has 5 nitrogen and oxygen atoms in total. The first kappa shape index (κ1) is 13.1. The average Bonchev–Trinajstić information content (AvgIpc) is 2.41. The molecule has 100 valence electrons. The van der Waals surface area contributed by atoms with Crippen molar-refractivity contribution < 1.29 is 0 Å². The second-order valence-corrected chi connectivity index (χ2v) is 4.58. The highest BCUT2D eigenvalue weighted by atomic mass is 16.2. The highest BCUT2D eigenvalue weighted by molar-refractivity contribution is 5.38. The van der Waals surface area contributed by atoms with E-state index in [1.165, 1.54) is 17.7 Å². The molecule has 0 fully saturated rings. The molecule has 0 aliphatic heterocycles. The fourth-order valence-corrected chi connectivity index (χ4v) is 2.03. The van der Waals surface area contributed by atoms with E-state index in [9.17, 15) is 9.59 Å². The van der Waals surface area contributed by atoms with E-state index < -0.39 is 0 Å². The topological polar surface area (TPSA) is 47.2 Å². The van der Waals surface area contributed by atoms with E-state index in [4.69, 9.17) is 0 Å². The second kappa shape index (κ2) is 5.14. The van der Waals surface area contributed by atoms with Gasteiger partial charge in [0.15, 0.2) is 0 Å². The maximum Gasteiger partial charge on any atom is 0.332 e. The minimum atomic E-state index is -0.317. The van der Waals surface area contributed by atoms with Crippen LogP contribution in [0.2, 0.25) is 0 Å². The predicted octanol–water partition coefficient (Wildman–Crippen LogP) is 0.720. The summed E-state index contributed by atoms with van der Waals surface area (Å²) in [6, 6.07) is 11.4. The Balaban J connectivity index is 2.38. The molecule has 0 aliphatic rings. The molecular weight excluding hydrogens is 242 g/mol. The summed E-state index contributed by atoms with van der Waals surface area (Å²) in [5.74, 6) is 0.608. The highest BCUT2D eigenvalue weighted by Crippen LogP contribution is 2.10. The van der Waals surface area contributed by atoms with Crippen molar-refractivity contribution >= 4 is 5.82 Å². The molecule has 0 N–H and O–H groups in total. The van der Waals surface area contributed by atoms with E-state index in [2.05, 4.69) is 0 Å². The Kier molecular flexibility index (Phi) is 3.55. The van der Waals surface area contributed by atoms with Crippen LogP contribution in [0.15, 0.2) is 46.0 Å². The monoisotopic (exact) mass is 259 g/mol. The highest BCUT2D eigenvalue weighted by Gasteiger charge is 2.10. The van der Waals surface area contributed by atoms with Gasteiger partial charge in [0.1, 0.15) is 5.82 Å². The van der Waals surface area contributed by atoms with Gasteiger partial charge in [-0.25, -0.2) is 4.79 Å². The molecule has 2 aromatic rings. The van der Waals surface area contributed by atoms with Crippen molar-refractivity contribution in [3.05, 3.63) is 62.8 Å². The zero-order chi connectivity index (χ0) is 14.0. The zero-order valence-electron chi connectivity index (χ0n) is 11.3.